The maximum Gasteiger partial charge on any atom is 0.133 e. The zero-order chi connectivity index (χ0) is 16.1. The van der Waals surface area contributed by atoms with Gasteiger partial charge in [0.05, 0.1) is 7.11 Å². The van der Waals surface area contributed by atoms with Crippen LogP contribution in [0.1, 0.15) is 23.6 Å². The van der Waals surface area contributed by atoms with E-state index in [2.05, 4.69) is 74.0 Å². The Balaban J connectivity index is 1.96. The summed E-state index contributed by atoms with van der Waals surface area (Å²) in [5, 5.41) is 2.34. The molecule has 1 radical (unpaired) electrons. The summed E-state index contributed by atoms with van der Waals surface area (Å²) in [4.78, 5) is 0. The first kappa shape index (κ1) is 15.4. The molecular formula is C22H21O. The Hall–Kier alpha value is -2.54. The predicted molar refractivity (Wildman–Crippen MR) is 99.5 cm³/mol. The van der Waals surface area contributed by atoms with Crippen molar-refractivity contribution in [2.45, 2.75) is 13.3 Å². The smallest absolute Gasteiger partial charge is 0.133 e. The molecule has 0 saturated heterocycles. The fraction of sp³-hybridized carbons (Fsp3) is 0.136. The van der Waals surface area contributed by atoms with Crippen LogP contribution in [0.4, 0.5) is 0 Å². The van der Waals surface area contributed by atoms with Crippen molar-refractivity contribution >= 4 is 22.9 Å². The zero-order valence-corrected chi connectivity index (χ0v) is 13.6. The maximum absolute atomic E-state index is 5.65. The summed E-state index contributed by atoms with van der Waals surface area (Å²) >= 11 is 0. The van der Waals surface area contributed by atoms with Crippen LogP contribution in [0, 0.1) is 6.42 Å². The van der Waals surface area contributed by atoms with E-state index in [-0.39, 0.29) is 0 Å². The summed E-state index contributed by atoms with van der Waals surface area (Å²) in [5.41, 5.74) is 3.64. The van der Waals surface area contributed by atoms with E-state index >= 15 is 0 Å². The molecule has 0 heterocycles. The van der Waals surface area contributed by atoms with E-state index in [4.69, 9.17) is 4.74 Å². The average molecular weight is 301 g/mol. The van der Waals surface area contributed by atoms with E-state index < -0.39 is 0 Å². The van der Waals surface area contributed by atoms with Gasteiger partial charge in [0.15, 0.2) is 0 Å². The second-order valence-corrected chi connectivity index (χ2v) is 5.60. The number of hydrogen-bond donors (Lipinski definition) is 0. The van der Waals surface area contributed by atoms with Crippen molar-refractivity contribution < 1.29 is 4.74 Å². The van der Waals surface area contributed by atoms with E-state index in [0.717, 1.165) is 23.1 Å². The van der Waals surface area contributed by atoms with Gasteiger partial charge in [-0.15, -0.1) is 0 Å². The van der Waals surface area contributed by atoms with Crippen LogP contribution >= 0.6 is 0 Å². The normalized spacial score (nSPS) is 11.2. The molecule has 1 nitrogen and oxygen atoms in total. The molecule has 0 aliphatic rings. The predicted octanol–water partition coefficient (Wildman–Crippen LogP) is 5.79. The summed E-state index contributed by atoms with van der Waals surface area (Å²) < 4.78 is 5.65. The molecule has 0 atom stereocenters. The Morgan fingerprint density at radius 1 is 0.913 bits per heavy atom. The number of benzene rings is 3. The average Bonchev–Trinajstić information content (AvgIpc) is 2.60. The fourth-order valence-corrected chi connectivity index (χ4v) is 2.86. The molecule has 1 heteroatoms. The number of fused-ring (bicyclic) bond motifs is 1. The molecule has 0 spiro atoms. The lowest BCUT2D eigenvalue weighted by Gasteiger charge is -2.09. The lowest BCUT2D eigenvalue weighted by Crippen LogP contribution is -1.89. The molecule has 0 N–H and O–H groups in total. The van der Waals surface area contributed by atoms with E-state index in [0.29, 0.717) is 0 Å². The van der Waals surface area contributed by atoms with Crippen molar-refractivity contribution in [1.29, 1.82) is 0 Å². The van der Waals surface area contributed by atoms with E-state index in [1.165, 1.54) is 16.5 Å². The van der Waals surface area contributed by atoms with Crippen LogP contribution in [-0.4, -0.2) is 7.11 Å². The molecule has 0 aliphatic heterocycles. The Labute approximate surface area is 138 Å². The van der Waals surface area contributed by atoms with Crippen LogP contribution in [0.25, 0.3) is 22.9 Å². The van der Waals surface area contributed by atoms with E-state index in [1.807, 2.05) is 12.1 Å². The molecule has 0 fully saturated rings. The van der Waals surface area contributed by atoms with Crippen molar-refractivity contribution in [3.63, 3.8) is 0 Å². The van der Waals surface area contributed by atoms with Crippen molar-refractivity contribution in [3.8, 4) is 5.75 Å². The van der Waals surface area contributed by atoms with Crippen LogP contribution < -0.4 is 4.74 Å². The van der Waals surface area contributed by atoms with Crippen molar-refractivity contribution in [2.24, 2.45) is 0 Å². The Morgan fingerprint density at radius 3 is 2.61 bits per heavy atom. The van der Waals surface area contributed by atoms with Gasteiger partial charge >= 0.3 is 0 Å². The highest BCUT2D eigenvalue weighted by Crippen LogP contribution is 2.30. The Bertz CT molecular complexity index is 830. The van der Waals surface area contributed by atoms with Gasteiger partial charge in [0, 0.05) is 10.9 Å². The molecule has 3 aromatic carbocycles. The van der Waals surface area contributed by atoms with Gasteiger partial charge in [0.2, 0.25) is 0 Å². The van der Waals surface area contributed by atoms with Gasteiger partial charge in [0.25, 0.3) is 0 Å². The van der Waals surface area contributed by atoms with Gasteiger partial charge in [-0.1, -0.05) is 79.7 Å². The molecule has 0 unspecified atom stereocenters. The highest BCUT2D eigenvalue weighted by atomic mass is 16.5. The minimum atomic E-state index is 0.928. The summed E-state index contributed by atoms with van der Waals surface area (Å²) in [6.07, 6.45) is 7.45. The first-order chi connectivity index (χ1) is 11.3. The second kappa shape index (κ2) is 7.15. The number of rotatable bonds is 5. The van der Waals surface area contributed by atoms with Gasteiger partial charge in [-0.3, -0.25) is 0 Å². The van der Waals surface area contributed by atoms with Crippen LogP contribution in [0.2, 0.25) is 0 Å². The highest BCUT2D eigenvalue weighted by molar-refractivity contribution is 5.93. The highest BCUT2D eigenvalue weighted by Gasteiger charge is 2.05. The third-order valence-electron chi connectivity index (χ3n) is 3.96. The largest absolute Gasteiger partial charge is 0.495 e. The maximum atomic E-state index is 5.65. The van der Waals surface area contributed by atoms with E-state index in [1.54, 1.807) is 7.11 Å². The van der Waals surface area contributed by atoms with Crippen molar-refractivity contribution in [1.82, 2.24) is 0 Å². The fourth-order valence-electron chi connectivity index (χ4n) is 2.86. The molecule has 3 aromatic rings. The quantitative estimate of drug-likeness (QED) is 0.542. The summed E-state index contributed by atoms with van der Waals surface area (Å²) in [6.45, 7) is 2.09. The first-order valence-electron chi connectivity index (χ1n) is 7.92. The Kier molecular flexibility index (Phi) is 4.77. The van der Waals surface area contributed by atoms with Gasteiger partial charge in [-0.2, -0.15) is 0 Å². The molecule has 0 aromatic heterocycles. The zero-order valence-electron chi connectivity index (χ0n) is 13.6. The monoisotopic (exact) mass is 301 g/mol. The lowest BCUT2D eigenvalue weighted by molar-refractivity contribution is 0.419. The molecule has 0 bridgehead atoms. The van der Waals surface area contributed by atoms with Gasteiger partial charge in [-0.25, -0.2) is 0 Å². The Morgan fingerprint density at radius 2 is 1.78 bits per heavy atom. The van der Waals surface area contributed by atoms with Crippen molar-refractivity contribution in [2.75, 3.05) is 7.11 Å². The van der Waals surface area contributed by atoms with Crippen molar-refractivity contribution in [3.05, 3.63) is 83.8 Å². The number of methoxy groups -OCH3 is 1. The molecular weight excluding hydrogens is 280 g/mol. The third kappa shape index (κ3) is 3.45. The molecule has 0 amide bonds. The molecule has 23 heavy (non-hydrogen) atoms. The molecule has 0 aliphatic carbocycles. The third-order valence-corrected chi connectivity index (χ3v) is 3.96. The van der Waals surface area contributed by atoms with Crippen LogP contribution in [0.5, 0.6) is 5.75 Å². The standard InChI is InChI=1S/C22H21O/c1-3-7-17-8-6-9-18(16-17)12-13-20-15-14-19-10-4-5-11-21(19)22(20)23-2/h3-6,8-16H,7H2,1-2H3/b13-12+. The summed E-state index contributed by atoms with van der Waals surface area (Å²) in [5.74, 6) is 0.928. The summed E-state index contributed by atoms with van der Waals surface area (Å²) in [7, 11) is 1.73. The molecule has 3 rings (SSSR count). The van der Waals surface area contributed by atoms with Crippen LogP contribution in [0.15, 0.2) is 60.7 Å². The second-order valence-electron chi connectivity index (χ2n) is 5.60. The van der Waals surface area contributed by atoms with Crippen LogP contribution in [0.3, 0.4) is 0 Å². The topological polar surface area (TPSA) is 9.23 Å². The molecule has 0 saturated carbocycles. The number of ether oxygens (including phenoxy) is 1. The van der Waals surface area contributed by atoms with Crippen LogP contribution in [-0.2, 0) is 6.42 Å². The number of hydrogen-bond acceptors (Lipinski definition) is 1. The van der Waals surface area contributed by atoms with Gasteiger partial charge in [0.1, 0.15) is 5.75 Å². The summed E-state index contributed by atoms with van der Waals surface area (Å²) in [6, 6.07) is 21.2. The van der Waals surface area contributed by atoms with Gasteiger partial charge in [-0.05, 0) is 29.4 Å². The molecule has 115 valence electrons. The minimum Gasteiger partial charge on any atom is -0.495 e. The minimum absolute atomic E-state index is 0.928. The first-order valence-corrected chi connectivity index (χ1v) is 7.92. The SMILES string of the molecule is C[CH]Cc1cccc(/C=C/c2ccc3ccccc3c2OC)c1. The van der Waals surface area contributed by atoms with E-state index in [9.17, 15) is 0 Å². The lowest BCUT2D eigenvalue weighted by atomic mass is 10.0. The van der Waals surface area contributed by atoms with Gasteiger partial charge < -0.3 is 4.74 Å².